The van der Waals surface area contributed by atoms with Crippen LogP contribution < -0.4 is 14.8 Å². The van der Waals surface area contributed by atoms with Crippen LogP contribution in [0, 0.1) is 0 Å². The smallest absolute Gasteiger partial charge is 0.329 e. The van der Waals surface area contributed by atoms with Gasteiger partial charge in [0, 0.05) is 0 Å². The number of halogens is 1. The third kappa shape index (κ3) is 4.80. The van der Waals surface area contributed by atoms with Crippen LogP contribution in [0.25, 0.3) is 6.08 Å². The average molecular weight is 475 g/mol. The van der Waals surface area contributed by atoms with Crippen LogP contribution in [-0.2, 0) is 20.9 Å². The average Bonchev–Trinajstić information content (AvgIpc) is 3.00. The summed E-state index contributed by atoms with van der Waals surface area (Å²) in [5, 5.41) is 2.45. The molecule has 1 aliphatic rings. The molecule has 3 amide bonds. The van der Waals surface area contributed by atoms with E-state index in [0.29, 0.717) is 28.1 Å². The summed E-state index contributed by atoms with van der Waals surface area (Å²) in [6, 6.07) is 12.4. The van der Waals surface area contributed by atoms with Crippen LogP contribution in [0.5, 0.6) is 11.5 Å². The molecule has 2 aromatic carbocycles. The van der Waals surface area contributed by atoms with Gasteiger partial charge >= 0.3 is 12.0 Å². The molecule has 9 heteroatoms. The fraction of sp³-hybridized carbons (Fsp3) is 0.190. The van der Waals surface area contributed by atoms with Crippen LogP contribution in [0.1, 0.15) is 11.1 Å². The first-order valence-corrected chi connectivity index (χ1v) is 9.68. The van der Waals surface area contributed by atoms with Gasteiger partial charge in [-0.3, -0.25) is 9.59 Å². The highest BCUT2D eigenvalue weighted by molar-refractivity contribution is 9.10. The summed E-state index contributed by atoms with van der Waals surface area (Å²) in [5.74, 6) is -0.345. The molecule has 8 nitrogen and oxygen atoms in total. The van der Waals surface area contributed by atoms with Crippen LogP contribution in [0.3, 0.4) is 0 Å². The molecule has 3 rings (SSSR count). The number of ether oxygens (including phenoxy) is 3. The zero-order valence-electron chi connectivity index (χ0n) is 16.3. The Morgan fingerprint density at radius 3 is 2.57 bits per heavy atom. The summed E-state index contributed by atoms with van der Waals surface area (Å²) < 4.78 is 16.4. The summed E-state index contributed by atoms with van der Waals surface area (Å²) in [6.45, 7) is -0.106. The lowest BCUT2D eigenvalue weighted by Crippen LogP contribution is -2.36. The normalized spacial score (nSPS) is 14.6. The van der Waals surface area contributed by atoms with E-state index in [1.807, 2.05) is 30.3 Å². The molecule has 1 N–H and O–H groups in total. The molecular formula is C21H19BrN2O6. The maximum atomic E-state index is 12.4. The highest BCUT2D eigenvalue weighted by Crippen LogP contribution is 2.38. The number of rotatable bonds is 7. The largest absolute Gasteiger partial charge is 0.493 e. The van der Waals surface area contributed by atoms with Gasteiger partial charge in [-0.2, -0.15) is 0 Å². The lowest BCUT2D eigenvalue weighted by atomic mass is 10.1. The molecule has 0 spiro atoms. The summed E-state index contributed by atoms with van der Waals surface area (Å²) >= 11 is 3.46. The number of carbonyl (C=O) groups is 3. The first kappa shape index (κ1) is 21.4. The highest BCUT2D eigenvalue weighted by atomic mass is 79.9. The maximum Gasteiger partial charge on any atom is 0.329 e. The number of imide groups is 1. The Labute approximate surface area is 181 Å². The van der Waals surface area contributed by atoms with Crippen LogP contribution in [-0.4, -0.2) is 43.6 Å². The van der Waals surface area contributed by atoms with Crippen LogP contribution in [0.4, 0.5) is 4.79 Å². The number of carbonyl (C=O) groups excluding carboxylic acids is 3. The lowest BCUT2D eigenvalue weighted by molar-refractivity contribution is -0.143. The third-order valence-electron chi connectivity index (χ3n) is 4.27. The van der Waals surface area contributed by atoms with Gasteiger partial charge in [-0.25, -0.2) is 9.69 Å². The van der Waals surface area contributed by atoms with Gasteiger partial charge in [0.2, 0.25) is 0 Å². The van der Waals surface area contributed by atoms with Crippen molar-refractivity contribution in [3.63, 3.8) is 0 Å². The number of hydrogen-bond acceptors (Lipinski definition) is 6. The topological polar surface area (TPSA) is 94.2 Å². The number of urea groups is 1. The third-order valence-corrected chi connectivity index (χ3v) is 4.86. The predicted molar refractivity (Wildman–Crippen MR) is 112 cm³/mol. The van der Waals surface area contributed by atoms with Gasteiger partial charge in [0.1, 0.15) is 18.8 Å². The van der Waals surface area contributed by atoms with Crippen molar-refractivity contribution in [1.82, 2.24) is 10.2 Å². The number of amides is 3. The number of benzene rings is 2. The first-order chi connectivity index (χ1) is 14.4. The Kier molecular flexibility index (Phi) is 6.73. The zero-order chi connectivity index (χ0) is 21.7. The molecule has 0 saturated carbocycles. The minimum atomic E-state index is -0.691. The molecule has 2 aromatic rings. The molecule has 0 unspecified atom stereocenters. The SMILES string of the molecule is COC(=O)CN1C(=O)N/C(=C/c2cc(Br)c(OCc3ccccc3)c(OC)c2)C1=O. The molecule has 1 fully saturated rings. The summed E-state index contributed by atoms with van der Waals surface area (Å²) in [6.07, 6.45) is 1.49. The van der Waals surface area contributed by atoms with E-state index in [1.165, 1.54) is 20.3 Å². The molecule has 1 heterocycles. The molecule has 156 valence electrons. The number of nitrogens with zero attached hydrogens (tertiary/aromatic N) is 1. The van der Waals surface area contributed by atoms with Crippen molar-refractivity contribution in [3.05, 3.63) is 63.8 Å². The fourth-order valence-electron chi connectivity index (χ4n) is 2.77. The number of nitrogens with one attached hydrogen (secondary N) is 1. The van der Waals surface area contributed by atoms with Crippen LogP contribution >= 0.6 is 15.9 Å². The lowest BCUT2D eigenvalue weighted by Gasteiger charge is -2.14. The van der Waals surface area contributed by atoms with Crippen LogP contribution in [0.2, 0.25) is 0 Å². The highest BCUT2D eigenvalue weighted by Gasteiger charge is 2.35. The van der Waals surface area contributed by atoms with Crippen LogP contribution in [0.15, 0.2) is 52.6 Å². The second-order valence-corrected chi connectivity index (χ2v) is 7.12. The number of methoxy groups -OCH3 is 2. The molecule has 0 aliphatic carbocycles. The minimum absolute atomic E-state index is 0.0378. The van der Waals surface area contributed by atoms with Crippen molar-refractivity contribution in [2.75, 3.05) is 20.8 Å². The Bertz CT molecular complexity index is 1010. The van der Waals surface area contributed by atoms with Gasteiger partial charge in [0.05, 0.1) is 18.7 Å². The first-order valence-electron chi connectivity index (χ1n) is 8.88. The molecule has 1 aliphatic heterocycles. The van der Waals surface area contributed by atoms with Gasteiger partial charge < -0.3 is 19.5 Å². The number of esters is 1. The summed E-state index contributed by atoms with van der Waals surface area (Å²) in [7, 11) is 2.69. The Hall–Kier alpha value is -3.33. The second kappa shape index (κ2) is 9.45. The monoisotopic (exact) mass is 474 g/mol. The van der Waals surface area contributed by atoms with E-state index in [2.05, 4.69) is 26.0 Å². The van der Waals surface area contributed by atoms with E-state index in [1.54, 1.807) is 12.1 Å². The molecule has 0 atom stereocenters. The standard InChI is InChI=1S/C21H19BrN2O6/c1-28-17-10-14(8-15(22)19(17)30-12-13-6-4-3-5-7-13)9-16-20(26)24(21(27)23-16)11-18(25)29-2/h3-10H,11-12H2,1-2H3,(H,23,27)/b16-9+. The van der Waals surface area contributed by atoms with Crippen molar-refractivity contribution >= 4 is 39.9 Å². The molecule has 0 radical (unpaired) electrons. The Morgan fingerprint density at radius 1 is 1.17 bits per heavy atom. The summed E-state index contributed by atoms with van der Waals surface area (Å²) in [4.78, 5) is 36.6. The number of hydrogen-bond donors (Lipinski definition) is 1. The maximum absolute atomic E-state index is 12.4. The van der Waals surface area contributed by atoms with E-state index in [-0.39, 0.29) is 5.70 Å². The van der Waals surface area contributed by atoms with Gasteiger partial charge in [-0.05, 0) is 45.3 Å². The fourth-order valence-corrected chi connectivity index (χ4v) is 3.34. The minimum Gasteiger partial charge on any atom is -0.493 e. The molecule has 0 aromatic heterocycles. The molecule has 30 heavy (non-hydrogen) atoms. The molecule has 1 saturated heterocycles. The summed E-state index contributed by atoms with van der Waals surface area (Å²) in [5.41, 5.74) is 1.63. The van der Waals surface area contributed by atoms with E-state index >= 15 is 0 Å². The van der Waals surface area contributed by atoms with Crippen molar-refractivity contribution in [2.45, 2.75) is 6.61 Å². The van der Waals surface area contributed by atoms with Crippen molar-refractivity contribution in [1.29, 1.82) is 0 Å². The molecular weight excluding hydrogens is 456 g/mol. The van der Waals surface area contributed by atoms with Gasteiger partial charge in [0.15, 0.2) is 11.5 Å². The zero-order valence-corrected chi connectivity index (χ0v) is 17.9. The molecule has 0 bridgehead atoms. The second-order valence-electron chi connectivity index (χ2n) is 6.26. The van der Waals surface area contributed by atoms with E-state index in [0.717, 1.165) is 10.5 Å². The Balaban J connectivity index is 1.81. The Morgan fingerprint density at radius 2 is 1.90 bits per heavy atom. The van der Waals surface area contributed by atoms with Gasteiger partial charge in [-0.1, -0.05) is 30.3 Å². The van der Waals surface area contributed by atoms with Gasteiger partial charge in [-0.15, -0.1) is 0 Å². The van der Waals surface area contributed by atoms with Gasteiger partial charge in [0.25, 0.3) is 5.91 Å². The van der Waals surface area contributed by atoms with E-state index < -0.39 is 24.5 Å². The predicted octanol–water partition coefficient (Wildman–Crippen LogP) is 3.10. The van der Waals surface area contributed by atoms with Crippen molar-refractivity contribution in [3.8, 4) is 11.5 Å². The van der Waals surface area contributed by atoms with E-state index in [4.69, 9.17) is 9.47 Å². The quantitative estimate of drug-likeness (QED) is 0.376. The van der Waals surface area contributed by atoms with Crippen molar-refractivity contribution in [2.24, 2.45) is 0 Å². The van der Waals surface area contributed by atoms with Crippen molar-refractivity contribution < 1.29 is 28.6 Å². The van der Waals surface area contributed by atoms with E-state index in [9.17, 15) is 14.4 Å².